The number of carbonyl (C=O) groups is 3. The van der Waals surface area contributed by atoms with Crippen LogP contribution in [0.3, 0.4) is 0 Å². The van der Waals surface area contributed by atoms with Crippen LogP contribution in [-0.4, -0.2) is 41.6 Å². The fraction of sp³-hybridized carbons (Fsp3) is 0.312. The third kappa shape index (κ3) is 6.75. The molecule has 4 N–H and O–H groups in total. The van der Waals surface area contributed by atoms with Crippen LogP contribution < -0.4 is 11.1 Å². The van der Waals surface area contributed by atoms with E-state index in [-0.39, 0.29) is 13.0 Å². The third-order valence-corrected chi connectivity index (χ3v) is 2.96. The predicted molar refractivity (Wildman–Crippen MR) is 83.5 cm³/mol. The monoisotopic (exact) mass is 320 g/mol. The molecule has 0 bridgehead atoms. The summed E-state index contributed by atoms with van der Waals surface area (Å²) in [5.41, 5.74) is 6.32. The average Bonchev–Trinajstić information content (AvgIpc) is 2.52. The summed E-state index contributed by atoms with van der Waals surface area (Å²) >= 11 is 0. The van der Waals surface area contributed by atoms with Crippen molar-refractivity contribution in [2.24, 2.45) is 5.73 Å². The predicted octanol–water partition coefficient (Wildman–Crippen LogP) is 0.245. The van der Waals surface area contributed by atoms with E-state index in [2.05, 4.69) is 11.9 Å². The Labute approximate surface area is 134 Å². The minimum absolute atomic E-state index is 0.0151. The van der Waals surface area contributed by atoms with Crippen molar-refractivity contribution in [3.05, 3.63) is 48.6 Å². The summed E-state index contributed by atoms with van der Waals surface area (Å²) in [5, 5.41) is 11.1. The van der Waals surface area contributed by atoms with Gasteiger partial charge >= 0.3 is 11.9 Å². The number of hydrogen-bond acceptors (Lipinski definition) is 5. The molecular weight excluding hydrogens is 300 g/mol. The van der Waals surface area contributed by atoms with Crippen LogP contribution in [0.15, 0.2) is 43.0 Å². The van der Waals surface area contributed by atoms with Crippen LogP contribution in [0.2, 0.25) is 0 Å². The molecule has 1 amide bonds. The van der Waals surface area contributed by atoms with Gasteiger partial charge in [-0.25, -0.2) is 4.79 Å². The van der Waals surface area contributed by atoms with Crippen LogP contribution in [-0.2, 0) is 25.5 Å². The molecule has 7 nitrogen and oxygen atoms in total. The van der Waals surface area contributed by atoms with E-state index < -0.39 is 36.4 Å². The van der Waals surface area contributed by atoms with Gasteiger partial charge in [-0.2, -0.15) is 0 Å². The molecule has 0 spiro atoms. The number of nitrogens with two attached hydrogens (primary N) is 1. The van der Waals surface area contributed by atoms with Gasteiger partial charge in [0.1, 0.15) is 12.6 Å². The van der Waals surface area contributed by atoms with Gasteiger partial charge in [-0.15, -0.1) is 0 Å². The highest BCUT2D eigenvalue weighted by atomic mass is 16.5. The Morgan fingerprint density at radius 1 is 1.30 bits per heavy atom. The molecule has 23 heavy (non-hydrogen) atoms. The molecule has 1 rings (SSSR count). The Hall–Kier alpha value is -2.67. The summed E-state index contributed by atoms with van der Waals surface area (Å²) in [6, 6.07) is 6.85. The lowest BCUT2D eigenvalue weighted by Crippen LogP contribution is -2.50. The molecule has 0 unspecified atom stereocenters. The Kier molecular flexibility index (Phi) is 7.49. The van der Waals surface area contributed by atoms with Gasteiger partial charge in [0.05, 0.1) is 12.5 Å². The van der Waals surface area contributed by atoms with Crippen molar-refractivity contribution in [2.75, 3.05) is 6.61 Å². The van der Waals surface area contributed by atoms with E-state index >= 15 is 0 Å². The molecule has 0 aliphatic carbocycles. The van der Waals surface area contributed by atoms with Crippen molar-refractivity contribution in [3.8, 4) is 0 Å². The molecule has 2 atom stereocenters. The molecule has 124 valence electrons. The molecule has 0 aliphatic rings. The lowest BCUT2D eigenvalue weighted by atomic mass is 10.1. The number of amides is 1. The van der Waals surface area contributed by atoms with Crippen molar-refractivity contribution >= 4 is 17.8 Å². The second kappa shape index (κ2) is 9.37. The first-order chi connectivity index (χ1) is 10.9. The second-order valence-corrected chi connectivity index (χ2v) is 4.87. The first kappa shape index (κ1) is 18.4. The number of carboxylic acid groups (broad SMARTS) is 1. The molecule has 0 radical (unpaired) electrons. The Bertz CT molecular complexity index is 559. The zero-order valence-corrected chi connectivity index (χ0v) is 12.6. The molecule has 0 heterocycles. The smallest absolute Gasteiger partial charge is 0.329 e. The largest absolute Gasteiger partial charge is 0.481 e. The summed E-state index contributed by atoms with van der Waals surface area (Å²) in [4.78, 5) is 34.6. The van der Waals surface area contributed by atoms with Crippen molar-refractivity contribution < 1.29 is 24.2 Å². The molecule has 0 saturated heterocycles. The quantitative estimate of drug-likeness (QED) is 0.443. The van der Waals surface area contributed by atoms with Gasteiger partial charge in [0, 0.05) is 6.42 Å². The van der Waals surface area contributed by atoms with Crippen LogP contribution in [0, 0.1) is 0 Å². The number of hydrogen-bond donors (Lipinski definition) is 3. The number of rotatable bonds is 9. The van der Waals surface area contributed by atoms with E-state index in [0.717, 1.165) is 5.56 Å². The number of esters is 1. The van der Waals surface area contributed by atoms with Crippen LogP contribution in [0.25, 0.3) is 0 Å². The van der Waals surface area contributed by atoms with Crippen LogP contribution in [0.5, 0.6) is 0 Å². The number of benzene rings is 1. The maximum Gasteiger partial charge on any atom is 0.329 e. The molecular formula is C16H20N2O5. The second-order valence-electron chi connectivity index (χ2n) is 4.87. The highest BCUT2D eigenvalue weighted by Crippen LogP contribution is 2.05. The zero-order valence-electron chi connectivity index (χ0n) is 12.6. The number of nitrogens with one attached hydrogen (secondary N) is 1. The number of aliphatic carboxylic acids is 1. The molecule has 0 saturated carbocycles. The van der Waals surface area contributed by atoms with Crippen molar-refractivity contribution in [1.29, 1.82) is 0 Å². The first-order valence-corrected chi connectivity index (χ1v) is 7.03. The number of ether oxygens (including phenoxy) is 1. The van der Waals surface area contributed by atoms with Gasteiger partial charge in [0.15, 0.2) is 0 Å². The van der Waals surface area contributed by atoms with Gasteiger partial charge in [0.2, 0.25) is 5.91 Å². The van der Waals surface area contributed by atoms with Crippen LogP contribution in [0.1, 0.15) is 12.0 Å². The van der Waals surface area contributed by atoms with E-state index in [1.165, 1.54) is 6.08 Å². The highest BCUT2D eigenvalue weighted by molar-refractivity contribution is 5.89. The van der Waals surface area contributed by atoms with Gasteiger partial charge in [-0.3, -0.25) is 9.59 Å². The highest BCUT2D eigenvalue weighted by Gasteiger charge is 2.26. The molecule has 1 aromatic carbocycles. The van der Waals surface area contributed by atoms with E-state index in [1.807, 2.05) is 6.07 Å². The van der Waals surface area contributed by atoms with Gasteiger partial charge < -0.3 is 20.9 Å². The van der Waals surface area contributed by atoms with Gasteiger partial charge in [0.25, 0.3) is 0 Å². The standard InChI is InChI=1S/C16H20N2O5/c1-2-8-23-16(22)13(9-11-6-4-3-5-7-11)18-15(21)12(17)10-14(19)20/h2-7,12-13H,1,8-10,17H2,(H,18,21)(H,19,20)/t12-,13-/m0/s1. The fourth-order valence-electron chi connectivity index (χ4n) is 1.84. The van der Waals surface area contributed by atoms with E-state index in [0.29, 0.717) is 0 Å². The lowest BCUT2D eigenvalue weighted by molar-refractivity contribution is -0.147. The summed E-state index contributed by atoms with van der Waals surface area (Å²) < 4.78 is 4.96. The van der Waals surface area contributed by atoms with E-state index in [1.54, 1.807) is 24.3 Å². The zero-order chi connectivity index (χ0) is 17.2. The third-order valence-electron chi connectivity index (χ3n) is 2.96. The molecule has 7 heteroatoms. The minimum atomic E-state index is -1.24. The van der Waals surface area contributed by atoms with Gasteiger partial charge in [-0.1, -0.05) is 43.0 Å². The van der Waals surface area contributed by atoms with E-state index in [9.17, 15) is 14.4 Å². The van der Waals surface area contributed by atoms with Gasteiger partial charge in [-0.05, 0) is 5.56 Å². The van der Waals surface area contributed by atoms with Crippen molar-refractivity contribution in [3.63, 3.8) is 0 Å². The van der Waals surface area contributed by atoms with Crippen LogP contribution in [0.4, 0.5) is 0 Å². The van der Waals surface area contributed by atoms with Crippen LogP contribution >= 0.6 is 0 Å². The maximum absolute atomic E-state index is 12.0. The summed E-state index contributed by atoms with van der Waals surface area (Å²) in [6.45, 7) is 3.46. The minimum Gasteiger partial charge on any atom is -0.481 e. The Morgan fingerprint density at radius 2 is 1.96 bits per heavy atom. The number of carbonyl (C=O) groups excluding carboxylic acids is 2. The summed E-state index contributed by atoms with van der Waals surface area (Å²) in [7, 11) is 0. The lowest BCUT2D eigenvalue weighted by Gasteiger charge is -2.19. The fourth-order valence-corrected chi connectivity index (χ4v) is 1.84. The van der Waals surface area contributed by atoms with E-state index in [4.69, 9.17) is 15.6 Å². The Morgan fingerprint density at radius 3 is 2.52 bits per heavy atom. The summed E-state index contributed by atoms with van der Waals surface area (Å²) in [6.07, 6.45) is 1.10. The molecule has 0 aromatic heterocycles. The maximum atomic E-state index is 12.0. The normalized spacial score (nSPS) is 12.7. The summed E-state index contributed by atoms with van der Waals surface area (Å²) in [5.74, 6) is -2.55. The molecule has 0 aliphatic heterocycles. The molecule has 0 fully saturated rings. The van der Waals surface area contributed by atoms with Crippen molar-refractivity contribution in [2.45, 2.75) is 24.9 Å². The topological polar surface area (TPSA) is 119 Å². The molecule has 1 aromatic rings. The van der Waals surface area contributed by atoms with Crippen molar-refractivity contribution in [1.82, 2.24) is 5.32 Å². The SMILES string of the molecule is C=CCOC(=O)[C@H](Cc1ccccc1)NC(=O)[C@@H](N)CC(=O)O. The first-order valence-electron chi connectivity index (χ1n) is 7.03. The Balaban J connectivity index is 2.77. The average molecular weight is 320 g/mol. The number of carboxylic acids is 1.